The van der Waals surface area contributed by atoms with Crippen molar-refractivity contribution < 1.29 is 8.78 Å². The summed E-state index contributed by atoms with van der Waals surface area (Å²) in [5.41, 5.74) is 2.65. The monoisotopic (exact) mass is 332 g/mol. The molecule has 4 nitrogen and oxygen atoms in total. The minimum Gasteiger partial charge on any atom is -0.330 e. The van der Waals surface area contributed by atoms with E-state index < -0.39 is 6.43 Å². The van der Waals surface area contributed by atoms with Gasteiger partial charge < -0.3 is 4.90 Å². The Kier molecular flexibility index (Phi) is 5.49. The van der Waals surface area contributed by atoms with Crippen LogP contribution in [0.3, 0.4) is 0 Å². The quantitative estimate of drug-likeness (QED) is 0.643. The molecule has 0 aliphatic carbocycles. The van der Waals surface area contributed by atoms with Crippen molar-refractivity contribution >= 4 is 11.5 Å². The summed E-state index contributed by atoms with van der Waals surface area (Å²) in [6.45, 7) is 3.79. The number of hydrogen-bond acceptors (Lipinski definition) is 2. The van der Waals surface area contributed by atoms with E-state index in [0.717, 1.165) is 5.56 Å². The molecule has 1 N–H and O–H groups in total. The first-order valence-corrected chi connectivity index (χ1v) is 7.78. The Hall–Kier alpha value is -2.50. The maximum atomic E-state index is 13.6. The van der Waals surface area contributed by atoms with Crippen LogP contribution in [-0.4, -0.2) is 22.7 Å². The van der Waals surface area contributed by atoms with Crippen LogP contribution in [0.2, 0.25) is 0 Å². The summed E-state index contributed by atoms with van der Waals surface area (Å²) in [7, 11) is 3.47. The van der Waals surface area contributed by atoms with Crippen molar-refractivity contribution in [2.24, 2.45) is 7.05 Å². The van der Waals surface area contributed by atoms with Crippen molar-refractivity contribution in [2.75, 3.05) is 11.9 Å². The molecule has 0 fully saturated rings. The van der Waals surface area contributed by atoms with Gasteiger partial charge in [-0.15, -0.1) is 0 Å². The van der Waals surface area contributed by atoms with E-state index in [1.807, 2.05) is 13.8 Å². The van der Waals surface area contributed by atoms with Crippen molar-refractivity contribution in [1.29, 1.82) is 5.41 Å². The zero-order chi connectivity index (χ0) is 17.9. The lowest BCUT2D eigenvalue weighted by atomic mass is 9.96. The summed E-state index contributed by atoms with van der Waals surface area (Å²) in [4.78, 5) is 1.62. The molecule has 128 valence electrons. The molecule has 0 amide bonds. The van der Waals surface area contributed by atoms with E-state index >= 15 is 0 Å². The van der Waals surface area contributed by atoms with E-state index in [-0.39, 0.29) is 11.4 Å². The number of allylic oxidation sites excluding steroid dienone is 1. The van der Waals surface area contributed by atoms with Gasteiger partial charge in [-0.25, -0.2) is 8.78 Å². The van der Waals surface area contributed by atoms with Crippen LogP contribution in [0, 0.1) is 5.41 Å². The fourth-order valence-electron chi connectivity index (χ4n) is 2.63. The molecule has 2 aromatic rings. The average Bonchev–Trinajstić information content (AvgIpc) is 2.99. The molecule has 0 spiro atoms. The van der Waals surface area contributed by atoms with E-state index in [4.69, 9.17) is 5.41 Å². The summed E-state index contributed by atoms with van der Waals surface area (Å²) >= 11 is 0. The van der Waals surface area contributed by atoms with Gasteiger partial charge in [-0.05, 0) is 42.7 Å². The highest BCUT2D eigenvalue weighted by Crippen LogP contribution is 2.36. The molecule has 1 heterocycles. The van der Waals surface area contributed by atoms with Gasteiger partial charge in [0.2, 0.25) is 0 Å². The molecule has 0 atom stereocenters. The predicted molar refractivity (Wildman–Crippen MR) is 93.9 cm³/mol. The van der Waals surface area contributed by atoms with Crippen LogP contribution in [-0.2, 0) is 13.5 Å². The summed E-state index contributed by atoms with van der Waals surface area (Å²) in [6, 6.07) is 3.27. The van der Waals surface area contributed by atoms with Crippen molar-refractivity contribution in [3.63, 3.8) is 0 Å². The minimum atomic E-state index is -2.60. The summed E-state index contributed by atoms with van der Waals surface area (Å²) in [6.07, 6.45) is 4.78. The largest absolute Gasteiger partial charge is 0.330 e. The summed E-state index contributed by atoms with van der Waals surface area (Å²) in [5, 5.41) is 12.1. The molecule has 0 saturated carbocycles. The number of rotatable bonds is 5. The number of anilines is 1. The van der Waals surface area contributed by atoms with Crippen molar-refractivity contribution in [1.82, 2.24) is 9.78 Å². The van der Waals surface area contributed by atoms with Crippen LogP contribution < -0.4 is 4.90 Å². The van der Waals surface area contributed by atoms with Crippen LogP contribution >= 0.6 is 0 Å². The van der Waals surface area contributed by atoms with Gasteiger partial charge in [-0.2, -0.15) is 5.10 Å². The van der Waals surface area contributed by atoms with E-state index in [2.05, 4.69) is 5.10 Å². The number of likely N-dealkylation sites (N-methyl/N-ethyl adjacent to an activating group) is 1. The van der Waals surface area contributed by atoms with Crippen LogP contribution in [0.5, 0.6) is 0 Å². The van der Waals surface area contributed by atoms with Gasteiger partial charge in [0.05, 0.1) is 6.20 Å². The normalized spacial score (nSPS) is 11.5. The molecule has 1 aromatic carbocycles. The molecule has 2 rings (SSSR count). The smallest absolute Gasteiger partial charge is 0.264 e. The summed E-state index contributed by atoms with van der Waals surface area (Å²) < 4.78 is 28.9. The number of alkyl halides is 2. The zero-order valence-corrected chi connectivity index (χ0v) is 14.3. The van der Waals surface area contributed by atoms with Crippen LogP contribution in [0.1, 0.15) is 31.4 Å². The lowest BCUT2D eigenvalue weighted by molar-refractivity contribution is 0.152. The fourth-order valence-corrected chi connectivity index (χ4v) is 2.63. The number of hydrogen-bond donors (Lipinski definition) is 1. The minimum absolute atomic E-state index is 0.0460. The molecular formula is C18H22F2N4. The first kappa shape index (κ1) is 17.8. The van der Waals surface area contributed by atoms with E-state index in [9.17, 15) is 8.78 Å². The lowest BCUT2D eigenvalue weighted by Gasteiger charge is -2.23. The average molecular weight is 332 g/mol. The second kappa shape index (κ2) is 7.38. The second-order valence-corrected chi connectivity index (χ2v) is 5.57. The Morgan fingerprint density at radius 2 is 2.12 bits per heavy atom. The third-order valence-corrected chi connectivity index (χ3v) is 3.93. The molecule has 0 aliphatic heterocycles. The number of halogens is 2. The first-order chi connectivity index (χ1) is 11.4. The molecule has 6 heteroatoms. The van der Waals surface area contributed by atoms with Gasteiger partial charge in [0.1, 0.15) is 5.84 Å². The Labute approximate surface area is 140 Å². The highest BCUT2D eigenvalue weighted by atomic mass is 19.3. The number of aromatic nitrogens is 2. The molecule has 24 heavy (non-hydrogen) atoms. The lowest BCUT2D eigenvalue weighted by Crippen LogP contribution is -2.24. The number of nitrogens with one attached hydrogen (secondary N) is 1. The number of aryl methyl sites for hydroxylation is 2. The predicted octanol–water partition coefficient (Wildman–Crippen LogP) is 4.58. The highest BCUT2D eigenvalue weighted by molar-refractivity contribution is 6.03. The molecule has 0 bridgehead atoms. The van der Waals surface area contributed by atoms with Gasteiger partial charge in [-0.3, -0.25) is 10.1 Å². The Morgan fingerprint density at radius 3 is 2.62 bits per heavy atom. The SMILES string of the molecule is C/C=C\C(=N)N(C)c1cc(C(F)F)c(-c2cnn(C)c2)cc1CC. The van der Waals surface area contributed by atoms with Crippen LogP contribution in [0.25, 0.3) is 11.1 Å². The van der Waals surface area contributed by atoms with Gasteiger partial charge >= 0.3 is 0 Å². The number of nitrogens with zero attached hydrogens (tertiary/aromatic N) is 3. The fraction of sp³-hybridized carbons (Fsp3) is 0.333. The maximum absolute atomic E-state index is 13.6. The maximum Gasteiger partial charge on any atom is 0.264 e. The highest BCUT2D eigenvalue weighted by Gasteiger charge is 2.20. The van der Waals surface area contributed by atoms with Gasteiger partial charge in [0, 0.05) is 37.1 Å². The van der Waals surface area contributed by atoms with E-state index in [1.54, 1.807) is 54.3 Å². The number of benzene rings is 1. The van der Waals surface area contributed by atoms with Crippen LogP contribution in [0.15, 0.2) is 36.7 Å². The zero-order valence-electron chi connectivity index (χ0n) is 14.3. The van der Waals surface area contributed by atoms with Crippen molar-refractivity contribution in [3.8, 4) is 11.1 Å². The van der Waals surface area contributed by atoms with Crippen molar-refractivity contribution in [3.05, 3.63) is 47.8 Å². The third-order valence-electron chi connectivity index (χ3n) is 3.93. The van der Waals surface area contributed by atoms with Gasteiger partial charge in [0.15, 0.2) is 0 Å². The molecular weight excluding hydrogens is 310 g/mol. The Balaban J connectivity index is 2.62. The Bertz CT molecular complexity index is 762. The number of amidine groups is 1. The van der Waals surface area contributed by atoms with Crippen molar-refractivity contribution in [2.45, 2.75) is 26.7 Å². The standard InChI is InChI=1S/C18H22F2N4/c1-5-7-17(21)24(4)16-9-15(18(19)20)14(8-12(16)6-2)13-10-22-23(3)11-13/h5,7-11,18,21H,6H2,1-4H3/b7-5-,21-17?. The second-order valence-electron chi connectivity index (χ2n) is 5.57. The topological polar surface area (TPSA) is 44.9 Å². The first-order valence-electron chi connectivity index (χ1n) is 7.78. The van der Waals surface area contributed by atoms with Crippen LogP contribution in [0.4, 0.5) is 14.5 Å². The Morgan fingerprint density at radius 1 is 1.42 bits per heavy atom. The molecule has 0 saturated heterocycles. The van der Waals surface area contributed by atoms with Gasteiger partial charge in [-0.1, -0.05) is 13.0 Å². The summed E-state index contributed by atoms with van der Waals surface area (Å²) in [5.74, 6) is 0.251. The molecule has 1 aromatic heterocycles. The van der Waals surface area contributed by atoms with Gasteiger partial charge in [0.25, 0.3) is 6.43 Å². The molecule has 0 aliphatic rings. The molecule has 0 unspecified atom stereocenters. The third kappa shape index (κ3) is 3.53. The molecule has 0 radical (unpaired) electrons. The van der Waals surface area contributed by atoms with E-state index in [0.29, 0.717) is 23.2 Å². The van der Waals surface area contributed by atoms with E-state index in [1.165, 1.54) is 6.07 Å².